The summed E-state index contributed by atoms with van der Waals surface area (Å²) in [7, 11) is 0. The van der Waals surface area contributed by atoms with Crippen LogP contribution < -0.4 is 5.32 Å². The number of rotatable bonds is 2. The Hall–Kier alpha value is -3.73. The molecule has 2 aromatic carbocycles. The number of anilines is 1. The number of nitrogens with one attached hydrogen (secondary N) is 2. The fourth-order valence-electron chi connectivity index (χ4n) is 3.27. The Morgan fingerprint density at radius 1 is 0.846 bits per heavy atom. The van der Waals surface area contributed by atoms with Crippen molar-refractivity contribution in [3.63, 3.8) is 0 Å². The summed E-state index contributed by atoms with van der Waals surface area (Å²) in [6, 6.07) is 19.3. The van der Waals surface area contributed by atoms with Gasteiger partial charge in [0.25, 0.3) is 5.91 Å². The second-order valence-corrected chi connectivity index (χ2v) is 6.12. The van der Waals surface area contributed by atoms with E-state index in [2.05, 4.69) is 20.3 Å². The third-order valence-electron chi connectivity index (χ3n) is 4.48. The van der Waals surface area contributed by atoms with Crippen molar-refractivity contribution in [1.82, 2.24) is 15.0 Å². The minimum absolute atomic E-state index is 0.186. The number of benzene rings is 2. The molecule has 0 radical (unpaired) electrons. The predicted molar refractivity (Wildman–Crippen MR) is 103 cm³/mol. The maximum Gasteiger partial charge on any atom is 0.272 e. The number of aromatic nitrogens is 3. The van der Waals surface area contributed by atoms with E-state index >= 15 is 0 Å². The van der Waals surface area contributed by atoms with Gasteiger partial charge in [-0.15, -0.1) is 0 Å². The van der Waals surface area contributed by atoms with Crippen LogP contribution in [0.4, 0.5) is 5.69 Å². The van der Waals surface area contributed by atoms with Crippen LogP contribution in [-0.2, 0) is 0 Å². The predicted octanol–water partition coefficient (Wildman–Crippen LogP) is 4.52. The van der Waals surface area contributed by atoms with Gasteiger partial charge in [-0.3, -0.25) is 14.8 Å². The summed E-state index contributed by atoms with van der Waals surface area (Å²) in [4.78, 5) is 24.8. The molecule has 0 aliphatic carbocycles. The van der Waals surface area contributed by atoms with Gasteiger partial charge in [-0.25, -0.2) is 0 Å². The van der Waals surface area contributed by atoms with Crippen molar-refractivity contribution in [3.8, 4) is 0 Å². The van der Waals surface area contributed by atoms with E-state index in [1.807, 2.05) is 60.7 Å². The Kier molecular flexibility index (Phi) is 3.18. The maximum atomic E-state index is 12.8. The van der Waals surface area contributed by atoms with Gasteiger partial charge in [0.05, 0.1) is 16.7 Å². The molecule has 0 saturated heterocycles. The Balaban J connectivity index is 1.62. The molecular weight excluding hydrogens is 324 g/mol. The molecule has 26 heavy (non-hydrogen) atoms. The lowest BCUT2D eigenvalue weighted by Crippen LogP contribution is -2.12. The van der Waals surface area contributed by atoms with Crippen LogP contribution in [0.15, 0.2) is 73.1 Å². The van der Waals surface area contributed by atoms with Crippen LogP contribution in [0.3, 0.4) is 0 Å². The summed E-state index contributed by atoms with van der Waals surface area (Å²) >= 11 is 0. The number of aromatic amines is 1. The summed E-state index contributed by atoms with van der Waals surface area (Å²) in [6.07, 6.45) is 3.49. The van der Waals surface area contributed by atoms with Gasteiger partial charge in [0, 0.05) is 34.1 Å². The molecule has 0 spiro atoms. The molecule has 3 heterocycles. The first-order chi connectivity index (χ1) is 12.8. The molecule has 0 aliphatic heterocycles. The number of hydrogen-bond acceptors (Lipinski definition) is 3. The van der Waals surface area contributed by atoms with E-state index in [1.54, 1.807) is 12.4 Å². The molecule has 5 heteroatoms. The number of amides is 1. The Morgan fingerprint density at radius 3 is 2.50 bits per heavy atom. The van der Waals surface area contributed by atoms with E-state index in [4.69, 9.17) is 0 Å². The number of pyridine rings is 2. The van der Waals surface area contributed by atoms with Crippen molar-refractivity contribution in [2.45, 2.75) is 0 Å². The summed E-state index contributed by atoms with van der Waals surface area (Å²) in [5, 5.41) is 5.82. The van der Waals surface area contributed by atoms with Gasteiger partial charge in [-0.1, -0.05) is 24.3 Å². The average molecular weight is 338 g/mol. The minimum atomic E-state index is -0.186. The highest BCUT2D eigenvalue weighted by Crippen LogP contribution is 2.29. The lowest BCUT2D eigenvalue weighted by atomic mass is 10.1. The quantitative estimate of drug-likeness (QED) is 0.465. The molecule has 0 saturated carbocycles. The molecule has 3 aromatic heterocycles. The Labute approximate surface area is 148 Å². The first-order valence-corrected chi connectivity index (χ1v) is 8.31. The lowest BCUT2D eigenvalue weighted by molar-refractivity contribution is 0.102. The van der Waals surface area contributed by atoms with Gasteiger partial charge in [0.15, 0.2) is 0 Å². The molecule has 0 fully saturated rings. The second-order valence-electron chi connectivity index (χ2n) is 6.12. The van der Waals surface area contributed by atoms with Crippen LogP contribution >= 0.6 is 0 Å². The van der Waals surface area contributed by atoms with Gasteiger partial charge >= 0.3 is 0 Å². The first-order valence-electron chi connectivity index (χ1n) is 8.31. The van der Waals surface area contributed by atoms with E-state index in [0.29, 0.717) is 5.69 Å². The second kappa shape index (κ2) is 5.67. The van der Waals surface area contributed by atoms with Gasteiger partial charge in [-0.2, -0.15) is 0 Å². The molecule has 0 aliphatic rings. The van der Waals surface area contributed by atoms with E-state index in [9.17, 15) is 4.79 Å². The number of para-hydroxylation sites is 1. The van der Waals surface area contributed by atoms with Crippen LogP contribution in [0.25, 0.3) is 32.7 Å². The van der Waals surface area contributed by atoms with Crippen molar-refractivity contribution in [1.29, 1.82) is 0 Å². The smallest absolute Gasteiger partial charge is 0.272 e. The Bertz CT molecular complexity index is 1260. The van der Waals surface area contributed by atoms with Crippen molar-refractivity contribution in [2.75, 3.05) is 5.32 Å². The number of carbonyl (C=O) groups excluding carboxylic acids is 1. The SMILES string of the molecule is O=C(Nc1cc2cccnc2c2ncccc12)c1cc2ccccc2[nH]1. The third kappa shape index (κ3) is 2.29. The molecule has 0 unspecified atom stereocenters. The zero-order chi connectivity index (χ0) is 17.5. The first kappa shape index (κ1) is 14.6. The highest BCUT2D eigenvalue weighted by molar-refractivity contribution is 6.15. The van der Waals surface area contributed by atoms with E-state index < -0.39 is 0 Å². The molecule has 5 aromatic rings. The van der Waals surface area contributed by atoms with Crippen LogP contribution in [-0.4, -0.2) is 20.9 Å². The van der Waals surface area contributed by atoms with Crippen molar-refractivity contribution in [3.05, 3.63) is 78.8 Å². The molecule has 1 amide bonds. The third-order valence-corrected chi connectivity index (χ3v) is 4.48. The van der Waals surface area contributed by atoms with E-state index in [-0.39, 0.29) is 5.91 Å². The average Bonchev–Trinajstić information content (AvgIpc) is 3.13. The maximum absolute atomic E-state index is 12.8. The molecule has 5 rings (SSSR count). The summed E-state index contributed by atoms with van der Waals surface area (Å²) in [5.74, 6) is -0.186. The number of nitrogens with zero attached hydrogens (tertiary/aromatic N) is 2. The zero-order valence-corrected chi connectivity index (χ0v) is 13.7. The molecule has 5 nitrogen and oxygen atoms in total. The van der Waals surface area contributed by atoms with Gasteiger partial charge in [0.2, 0.25) is 0 Å². The zero-order valence-electron chi connectivity index (χ0n) is 13.7. The summed E-state index contributed by atoms with van der Waals surface area (Å²) in [5.41, 5.74) is 3.78. The normalized spacial score (nSPS) is 11.2. The number of carbonyl (C=O) groups is 1. The number of H-pyrrole nitrogens is 1. The topological polar surface area (TPSA) is 70.7 Å². The van der Waals surface area contributed by atoms with Crippen molar-refractivity contribution >= 4 is 44.3 Å². The molecule has 0 atom stereocenters. The largest absolute Gasteiger partial charge is 0.351 e. The molecule has 2 N–H and O–H groups in total. The number of hydrogen-bond donors (Lipinski definition) is 2. The molecular formula is C21H14N4O. The summed E-state index contributed by atoms with van der Waals surface area (Å²) in [6.45, 7) is 0. The monoisotopic (exact) mass is 338 g/mol. The van der Waals surface area contributed by atoms with Crippen LogP contribution in [0, 0.1) is 0 Å². The van der Waals surface area contributed by atoms with E-state index in [1.165, 1.54) is 0 Å². The number of fused-ring (bicyclic) bond motifs is 4. The van der Waals surface area contributed by atoms with Gasteiger partial charge < -0.3 is 10.3 Å². The standard InChI is InChI=1S/C21H14N4O/c26-21(18-11-13-5-1-2-8-16(13)24-18)25-17-12-14-6-3-9-22-19(14)20-15(17)7-4-10-23-20/h1-12,24H,(H,25,26). The lowest BCUT2D eigenvalue weighted by Gasteiger charge is -2.10. The Morgan fingerprint density at radius 2 is 1.62 bits per heavy atom. The van der Waals surface area contributed by atoms with Crippen LogP contribution in [0.5, 0.6) is 0 Å². The van der Waals surface area contributed by atoms with Crippen LogP contribution in [0.2, 0.25) is 0 Å². The highest BCUT2D eigenvalue weighted by Gasteiger charge is 2.13. The fraction of sp³-hybridized carbons (Fsp3) is 0. The van der Waals surface area contributed by atoms with Crippen molar-refractivity contribution in [2.24, 2.45) is 0 Å². The molecule has 0 bridgehead atoms. The van der Waals surface area contributed by atoms with E-state index in [0.717, 1.165) is 38.4 Å². The van der Waals surface area contributed by atoms with Crippen LogP contribution in [0.1, 0.15) is 10.5 Å². The van der Waals surface area contributed by atoms with Gasteiger partial charge in [0.1, 0.15) is 5.69 Å². The fourth-order valence-corrected chi connectivity index (χ4v) is 3.27. The summed E-state index contributed by atoms with van der Waals surface area (Å²) < 4.78 is 0. The minimum Gasteiger partial charge on any atom is -0.351 e. The van der Waals surface area contributed by atoms with Crippen molar-refractivity contribution < 1.29 is 4.79 Å². The highest BCUT2D eigenvalue weighted by atomic mass is 16.1. The van der Waals surface area contributed by atoms with Gasteiger partial charge in [-0.05, 0) is 36.4 Å². The molecule has 124 valence electrons.